The van der Waals surface area contributed by atoms with Crippen LogP contribution in [0.4, 0.5) is 5.82 Å². The van der Waals surface area contributed by atoms with E-state index in [2.05, 4.69) is 43.2 Å². The SMILES string of the molecule is C=CCN1CC2=C(CC(n3nc(-c4ccc5ncsc5c4)c4c(N)ncnc43)CC2)C1. The van der Waals surface area contributed by atoms with Gasteiger partial charge in [-0.25, -0.2) is 19.6 Å². The van der Waals surface area contributed by atoms with Gasteiger partial charge in [0.05, 0.1) is 27.2 Å². The van der Waals surface area contributed by atoms with E-state index in [4.69, 9.17) is 10.8 Å². The van der Waals surface area contributed by atoms with Crippen LogP contribution in [0.1, 0.15) is 25.3 Å². The van der Waals surface area contributed by atoms with Crippen LogP contribution in [0.2, 0.25) is 0 Å². The molecule has 0 saturated heterocycles. The molecule has 6 rings (SSSR count). The van der Waals surface area contributed by atoms with Gasteiger partial charge < -0.3 is 5.73 Å². The summed E-state index contributed by atoms with van der Waals surface area (Å²) in [5.74, 6) is 0.476. The minimum absolute atomic E-state index is 0.278. The molecule has 156 valence electrons. The van der Waals surface area contributed by atoms with Crippen LogP contribution >= 0.6 is 11.3 Å². The Balaban J connectivity index is 1.42. The standard InChI is InChI=1S/C23H23N7S/c1-2-7-29-10-15-3-5-17(8-16(15)11-29)30-23-20(22(24)25-12-26-23)21(28-30)14-4-6-18-19(9-14)31-13-27-18/h2,4,6,9,12-13,17H,1,3,5,7-8,10-11H2,(H2,24,25,26). The second-order valence-electron chi connectivity index (χ2n) is 8.35. The van der Waals surface area contributed by atoms with E-state index < -0.39 is 0 Å². The van der Waals surface area contributed by atoms with Crippen molar-refractivity contribution in [2.75, 3.05) is 25.4 Å². The minimum atomic E-state index is 0.278. The number of hydrogen-bond acceptors (Lipinski definition) is 7. The Kier molecular flexibility index (Phi) is 4.36. The Hall–Kier alpha value is -3.10. The third-order valence-electron chi connectivity index (χ3n) is 6.45. The summed E-state index contributed by atoms with van der Waals surface area (Å²) in [4.78, 5) is 15.7. The van der Waals surface area contributed by atoms with Gasteiger partial charge in [-0.2, -0.15) is 5.10 Å². The van der Waals surface area contributed by atoms with Gasteiger partial charge in [-0.15, -0.1) is 17.9 Å². The molecule has 3 aromatic heterocycles. The molecule has 31 heavy (non-hydrogen) atoms. The van der Waals surface area contributed by atoms with E-state index in [1.165, 1.54) is 0 Å². The van der Waals surface area contributed by atoms with Gasteiger partial charge in [0.2, 0.25) is 0 Å². The second-order valence-corrected chi connectivity index (χ2v) is 9.23. The van der Waals surface area contributed by atoms with Gasteiger partial charge in [0.25, 0.3) is 0 Å². The highest BCUT2D eigenvalue weighted by atomic mass is 32.1. The number of aromatic nitrogens is 5. The van der Waals surface area contributed by atoms with Gasteiger partial charge in [0.15, 0.2) is 5.65 Å². The molecule has 0 bridgehead atoms. The summed E-state index contributed by atoms with van der Waals surface area (Å²) in [6.07, 6.45) is 6.72. The van der Waals surface area contributed by atoms with Crippen molar-refractivity contribution in [3.05, 3.63) is 53.8 Å². The first kappa shape index (κ1) is 18.7. The molecule has 0 fully saturated rings. The lowest BCUT2D eigenvalue weighted by Crippen LogP contribution is -2.21. The van der Waals surface area contributed by atoms with Gasteiger partial charge >= 0.3 is 0 Å². The molecule has 0 saturated carbocycles. The number of benzene rings is 1. The summed E-state index contributed by atoms with van der Waals surface area (Å²) in [5.41, 5.74) is 15.0. The predicted octanol–water partition coefficient (Wildman–Crippen LogP) is 4.21. The Morgan fingerprint density at radius 1 is 1.19 bits per heavy atom. The van der Waals surface area contributed by atoms with Crippen molar-refractivity contribution in [2.45, 2.75) is 25.3 Å². The molecule has 0 radical (unpaired) electrons. The van der Waals surface area contributed by atoms with Crippen LogP contribution < -0.4 is 5.73 Å². The summed E-state index contributed by atoms with van der Waals surface area (Å²) < 4.78 is 3.23. The highest BCUT2D eigenvalue weighted by molar-refractivity contribution is 7.16. The van der Waals surface area contributed by atoms with Gasteiger partial charge in [-0.1, -0.05) is 23.3 Å². The van der Waals surface area contributed by atoms with Crippen LogP contribution in [-0.4, -0.2) is 49.3 Å². The number of fused-ring (bicyclic) bond motifs is 2. The van der Waals surface area contributed by atoms with Gasteiger partial charge in [0, 0.05) is 25.2 Å². The van der Waals surface area contributed by atoms with Crippen molar-refractivity contribution >= 4 is 38.4 Å². The Labute approximate surface area is 183 Å². The topological polar surface area (TPSA) is 85.8 Å². The average molecular weight is 430 g/mol. The second kappa shape index (κ2) is 7.25. The Morgan fingerprint density at radius 3 is 3.00 bits per heavy atom. The number of nitrogens with zero attached hydrogens (tertiary/aromatic N) is 6. The Morgan fingerprint density at radius 2 is 2.10 bits per heavy atom. The van der Waals surface area contributed by atoms with Gasteiger partial charge in [-0.05, 0) is 31.4 Å². The number of hydrogen-bond donors (Lipinski definition) is 1. The van der Waals surface area contributed by atoms with E-state index in [1.54, 1.807) is 28.8 Å². The molecule has 2 aliphatic rings. The fourth-order valence-electron chi connectivity index (χ4n) is 4.99. The molecule has 8 heteroatoms. The van der Waals surface area contributed by atoms with Crippen LogP contribution in [0.25, 0.3) is 32.5 Å². The van der Waals surface area contributed by atoms with Crippen LogP contribution in [0.5, 0.6) is 0 Å². The molecular formula is C23H23N7S. The maximum atomic E-state index is 6.33. The Bertz CT molecular complexity index is 1350. The van der Waals surface area contributed by atoms with E-state index in [9.17, 15) is 0 Å². The summed E-state index contributed by atoms with van der Waals surface area (Å²) in [7, 11) is 0. The van der Waals surface area contributed by atoms with Crippen molar-refractivity contribution in [1.82, 2.24) is 29.6 Å². The monoisotopic (exact) mass is 429 g/mol. The molecule has 1 atom stereocenters. The summed E-state index contributed by atoms with van der Waals surface area (Å²) in [5, 5.41) is 5.91. The van der Waals surface area contributed by atoms with Crippen LogP contribution in [0, 0.1) is 0 Å². The number of rotatable bonds is 4. The first-order valence-electron chi connectivity index (χ1n) is 10.6. The summed E-state index contributed by atoms with van der Waals surface area (Å²) in [6.45, 7) is 6.93. The molecule has 4 heterocycles. The zero-order chi connectivity index (χ0) is 20.9. The van der Waals surface area contributed by atoms with E-state index in [-0.39, 0.29) is 6.04 Å². The van der Waals surface area contributed by atoms with Crippen LogP contribution in [0.3, 0.4) is 0 Å². The van der Waals surface area contributed by atoms with Crippen molar-refractivity contribution < 1.29 is 0 Å². The predicted molar refractivity (Wildman–Crippen MR) is 125 cm³/mol. The average Bonchev–Trinajstić information content (AvgIpc) is 3.49. The lowest BCUT2D eigenvalue weighted by molar-refractivity contribution is 0.379. The fraction of sp³-hybridized carbons (Fsp3) is 0.304. The summed E-state index contributed by atoms with van der Waals surface area (Å²) in [6, 6.07) is 6.51. The fourth-order valence-corrected chi connectivity index (χ4v) is 5.70. The minimum Gasteiger partial charge on any atom is -0.383 e. The highest BCUT2D eigenvalue weighted by Gasteiger charge is 2.31. The maximum absolute atomic E-state index is 6.33. The molecule has 7 nitrogen and oxygen atoms in total. The summed E-state index contributed by atoms with van der Waals surface area (Å²) >= 11 is 1.63. The molecule has 0 spiro atoms. The number of thiazole rings is 1. The molecule has 0 amide bonds. The quantitative estimate of drug-likeness (QED) is 0.489. The molecule has 1 aliphatic carbocycles. The smallest absolute Gasteiger partial charge is 0.164 e. The van der Waals surface area contributed by atoms with Crippen molar-refractivity contribution in [2.24, 2.45) is 0 Å². The van der Waals surface area contributed by atoms with E-state index >= 15 is 0 Å². The number of nitrogen functional groups attached to an aromatic ring is 1. The normalized spacial score (nSPS) is 19.4. The van der Waals surface area contributed by atoms with E-state index in [1.807, 2.05) is 17.7 Å². The lowest BCUT2D eigenvalue weighted by Gasteiger charge is -2.24. The third-order valence-corrected chi connectivity index (χ3v) is 7.24. The maximum Gasteiger partial charge on any atom is 0.164 e. The van der Waals surface area contributed by atoms with Gasteiger partial charge in [-0.3, -0.25) is 4.90 Å². The van der Waals surface area contributed by atoms with Gasteiger partial charge in [0.1, 0.15) is 17.8 Å². The van der Waals surface area contributed by atoms with Crippen molar-refractivity contribution in [1.29, 1.82) is 0 Å². The molecule has 2 N–H and O–H groups in total. The van der Waals surface area contributed by atoms with Crippen LogP contribution in [-0.2, 0) is 0 Å². The molecular weight excluding hydrogens is 406 g/mol. The first-order chi connectivity index (χ1) is 15.2. The lowest BCUT2D eigenvalue weighted by atomic mass is 9.90. The molecule has 1 aliphatic heterocycles. The van der Waals surface area contributed by atoms with Crippen LogP contribution in [0.15, 0.2) is 53.8 Å². The van der Waals surface area contributed by atoms with Crippen molar-refractivity contribution in [3.63, 3.8) is 0 Å². The number of anilines is 1. The van der Waals surface area contributed by atoms with E-state index in [0.29, 0.717) is 5.82 Å². The molecule has 1 aromatic carbocycles. The third kappa shape index (κ3) is 3.05. The molecule has 4 aromatic rings. The zero-order valence-electron chi connectivity index (χ0n) is 17.2. The first-order valence-corrected chi connectivity index (χ1v) is 11.4. The zero-order valence-corrected chi connectivity index (χ0v) is 18.0. The highest BCUT2D eigenvalue weighted by Crippen LogP contribution is 2.40. The van der Waals surface area contributed by atoms with E-state index in [0.717, 1.165) is 71.4 Å². The van der Waals surface area contributed by atoms with Crippen molar-refractivity contribution in [3.8, 4) is 11.3 Å². The molecule has 1 unspecified atom stereocenters. The number of nitrogens with two attached hydrogens (primary N) is 1. The largest absolute Gasteiger partial charge is 0.383 e.